The molecule has 0 fully saturated rings. The molecule has 2 rings (SSSR count). The minimum atomic E-state index is -0.277. The number of halogens is 2. The van der Waals surface area contributed by atoms with E-state index in [2.05, 4.69) is 0 Å². The third-order valence-corrected chi connectivity index (χ3v) is 4.12. The first kappa shape index (κ1) is 18.3. The Kier molecular flexibility index (Phi) is 6.23. The lowest BCUT2D eigenvalue weighted by Crippen LogP contribution is -2.40. The third-order valence-electron chi connectivity index (χ3n) is 3.56. The van der Waals surface area contributed by atoms with E-state index in [4.69, 9.17) is 23.2 Å². The van der Waals surface area contributed by atoms with Gasteiger partial charge in [-0.15, -0.1) is 0 Å². The van der Waals surface area contributed by atoms with Gasteiger partial charge in [-0.05, 0) is 23.8 Å². The molecule has 2 aromatic carbocycles. The van der Waals surface area contributed by atoms with Gasteiger partial charge < -0.3 is 9.80 Å². The molecule has 0 aliphatic rings. The average Bonchev–Trinajstić information content (AvgIpc) is 2.55. The standard InChI is InChI=1S/C18H18Cl2N2O2/c1-13(23)22(17-10-15(19)8-9-16(17)20)12-18(24)21(2)11-14-6-4-3-5-7-14/h3-10H,11-12H2,1-2H3. The molecular formula is C18H18Cl2N2O2. The van der Waals surface area contributed by atoms with Crippen LogP contribution in [-0.4, -0.2) is 30.3 Å². The van der Waals surface area contributed by atoms with Crippen molar-refractivity contribution in [2.75, 3.05) is 18.5 Å². The van der Waals surface area contributed by atoms with Crippen molar-refractivity contribution >= 4 is 40.7 Å². The summed E-state index contributed by atoms with van der Waals surface area (Å²) < 4.78 is 0. The van der Waals surface area contributed by atoms with Gasteiger partial charge in [-0.25, -0.2) is 0 Å². The summed E-state index contributed by atoms with van der Waals surface area (Å²) in [5.41, 5.74) is 1.45. The predicted molar refractivity (Wildman–Crippen MR) is 97.4 cm³/mol. The number of carbonyl (C=O) groups is 2. The number of benzene rings is 2. The van der Waals surface area contributed by atoms with Gasteiger partial charge in [0.25, 0.3) is 0 Å². The van der Waals surface area contributed by atoms with Crippen LogP contribution in [0.15, 0.2) is 48.5 Å². The van der Waals surface area contributed by atoms with Crippen molar-refractivity contribution in [3.05, 3.63) is 64.1 Å². The highest BCUT2D eigenvalue weighted by atomic mass is 35.5. The van der Waals surface area contributed by atoms with E-state index in [1.807, 2.05) is 30.3 Å². The maximum Gasteiger partial charge on any atom is 0.242 e. The van der Waals surface area contributed by atoms with Crippen molar-refractivity contribution in [2.24, 2.45) is 0 Å². The summed E-state index contributed by atoms with van der Waals surface area (Å²) in [6, 6.07) is 14.5. The number of hydrogen-bond donors (Lipinski definition) is 0. The summed E-state index contributed by atoms with van der Waals surface area (Å²) in [5.74, 6) is -0.467. The van der Waals surface area contributed by atoms with Crippen molar-refractivity contribution in [3.63, 3.8) is 0 Å². The quantitative estimate of drug-likeness (QED) is 0.804. The van der Waals surface area contributed by atoms with E-state index in [0.29, 0.717) is 22.3 Å². The molecule has 2 aromatic rings. The Morgan fingerprint density at radius 2 is 1.71 bits per heavy atom. The highest BCUT2D eigenvalue weighted by Gasteiger charge is 2.21. The van der Waals surface area contributed by atoms with Crippen molar-refractivity contribution in [2.45, 2.75) is 13.5 Å². The van der Waals surface area contributed by atoms with Gasteiger partial charge in [0.15, 0.2) is 0 Å². The van der Waals surface area contributed by atoms with Crippen LogP contribution in [0.4, 0.5) is 5.69 Å². The Morgan fingerprint density at radius 1 is 1.04 bits per heavy atom. The highest BCUT2D eigenvalue weighted by Crippen LogP contribution is 2.29. The number of hydrogen-bond acceptors (Lipinski definition) is 2. The predicted octanol–water partition coefficient (Wildman–Crippen LogP) is 4.00. The van der Waals surface area contributed by atoms with Crippen molar-refractivity contribution < 1.29 is 9.59 Å². The minimum Gasteiger partial charge on any atom is -0.340 e. The second-order valence-corrected chi connectivity index (χ2v) is 6.28. The fraction of sp³-hybridized carbons (Fsp3) is 0.222. The fourth-order valence-corrected chi connectivity index (χ4v) is 2.65. The smallest absolute Gasteiger partial charge is 0.242 e. The number of nitrogens with zero attached hydrogens (tertiary/aromatic N) is 2. The van der Waals surface area contributed by atoms with Crippen molar-refractivity contribution in [1.82, 2.24) is 4.90 Å². The molecule has 0 N–H and O–H groups in total. The molecule has 4 nitrogen and oxygen atoms in total. The molecule has 0 atom stereocenters. The lowest BCUT2D eigenvalue weighted by molar-refractivity contribution is -0.130. The maximum atomic E-state index is 12.5. The van der Waals surface area contributed by atoms with Gasteiger partial charge in [0.2, 0.25) is 11.8 Å². The van der Waals surface area contributed by atoms with E-state index in [0.717, 1.165) is 5.56 Å². The Labute approximate surface area is 151 Å². The molecule has 6 heteroatoms. The summed E-state index contributed by atoms with van der Waals surface area (Å²) in [4.78, 5) is 27.4. The Balaban J connectivity index is 2.14. The largest absolute Gasteiger partial charge is 0.340 e. The second kappa shape index (κ2) is 8.18. The van der Waals surface area contributed by atoms with E-state index >= 15 is 0 Å². The van der Waals surface area contributed by atoms with Crippen LogP contribution in [0, 0.1) is 0 Å². The number of anilines is 1. The fourth-order valence-electron chi connectivity index (χ4n) is 2.26. The number of carbonyl (C=O) groups excluding carboxylic acids is 2. The van der Waals surface area contributed by atoms with E-state index in [-0.39, 0.29) is 18.4 Å². The third kappa shape index (κ3) is 4.73. The Hall–Kier alpha value is -2.04. The molecule has 0 aliphatic heterocycles. The molecule has 0 bridgehead atoms. The van der Waals surface area contributed by atoms with Crippen molar-refractivity contribution in [3.8, 4) is 0 Å². The molecule has 0 aliphatic carbocycles. The monoisotopic (exact) mass is 364 g/mol. The van der Waals surface area contributed by atoms with Crippen LogP contribution < -0.4 is 4.90 Å². The van der Waals surface area contributed by atoms with E-state index in [1.165, 1.54) is 11.8 Å². The topological polar surface area (TPSA) is 40.6 Å². The molecule has 2 amide bonds. The lowest BCUT2D eigenvalue weighted by atomic mass is 10.2. The van der Waals surface area contributed by atoms with Crippen LogP contribution >= 0.6 is 23.2 Å². The number of amides is 2. The molecule has 0 saturated heterocycles. The zero-order valence-electron chi connectivity index (χ0n) is 13.5. The minimum absolute atomic E-state index is 0.0985. The van der Waals surface area contributed by atoms with Crippen LogP contribution in [0.25, 0.3) is 0 Å². The number of likely N-dealkylation sites (N-methyl/N-ethyl adjacent to an activating group) is 1. The van der Waals surface area contributed by atoms with Crippen molar-refractivity contribution in [1.29, 1.82) is 0 Å². The van der Waals surface area contributed by atoms with Gasteiger partial charge in [0.05, 0.1) is 10.7 Å². The molecule has 0 heterocycles. The SMILES string of the molecule is CC(=O)N(CC(=O)N(C)Cc1ccccc1)c1cc(Cl)ccc1Cl. The van der Waals surface area contributed by atoms with E-state index in [9.17, 15) is 9.59 Å². The van der Waals surface area contributed by atoms with Gasteiger partial charge in [0.1, 0.15) is 6.54 Å². The molecule has 0 unspecified atom stereocenters. The van der Waals surface area contributed by atoms with Gasteiger partial charge in [-0.3, -0.25) is 9.59 Å². The van der Waals surface area contributed by atoms with E-state index < -0.39 is 0 Å². The van der Waals surface area contributed by atoms with Gasteiger partial charge in [0, 0.05) is 25.5 Å². The summed E-state index contributed by atoms with van der Waals surface area (Å²) in [5, 5.41) is 0.818. The zero-order chi connectivity index (χ0) is 17.7. The summed E-state index contributed by atoms with van der Waals surface area (Å²) in [6.45, 7) is 1.76. The first-order valence-corrected chi connectivity index (χ1v) is 8.15. The molecule has 0 spiro atoms. The summed E-state index contributed by atoms with van der Waals surface area (Å²) >= 11 is 12.1. The molecule has 126 valence electrons. The molecule has 0 aromatic heterocycles. The van der Waals surface area contributed by atoms with E-state index in [1.54, 1.807) is 30.1 Å². The lowest BCUT2D eigenvalue weighted by Gasteiger charge is -2.25. The maximum absolute atomic E-state index is 12.5. The van der Waals surface area contributed by atoms with Gasteiger partial charge in [-0.1, -0.05) is 53.5 Å². The Morgan fingerprint density at radius 3 is 2.33 bits per heavy atom. The zero-order valence-corrected chi connectivity index (χ0v) is 15.0. The molecule has 0 radical (unpaired) electrons. The van der Waals surface area contributed by atoms with Crippen LogP contribution in [0.1, 0.15) is 12.5 Å². The molecule has 0 saturated carbocycles. The molecular weight excluding hydrogens is 347 g/mol. The first-order chi connectivity index (χ1) is 11.4. The van der Waals surface area contributed by atoms with Crippen LogP contribution in [0.3, 0.4) is 0 Å². The molecule has 24 heavy (non-hydrogen) atoms. The van der Waals surface area contributed by atoms with Crippen LogP contribution in [0.2, 0.25) is 10.0 Å². The van der Waals surface area contributed by atoms with Gasteiger partial charge >= 0.3 is 0 Å². The highest BCUT2D eigenvalue weighted by molar-refractivity contribution is 6.35. The van der Waals surface area contributed by atoms with Crippen LogP contribution in [0.5, 0.6) is 0 Å². The summed E-state index contributed by atoms with van der Waals surface area (Å²) in [7, 11) is 1.70. The average molecular weight is 365 g/mol. The van der Waals surface area contributed by atoms with Crippen LogP contribution in [-0.2, 0) is 16.1 Å². The Bertz CT molecular complexity index is 735. The second-order valence-electron chi connectivity index (χ2n) is 5.44. The summed E-state index contributed by atoms with van der Waals surface area (Å²) in [6.07, 6.45) is 0. The first-order valence-electron chi connectivity index (χ1n) is 7.39. The number of rotatable bonds is 5. The van der Waals surface area contributed by atoms with Gasteiger partial charge in [-0.2, -0.15) is 0 Å². The normalized spacial score (nSPS) is 10.3.